The van der Waals surface area contributed by atoms with Gasteiger partial charge in [0.25, 0.3) is 5.91 Å². The van der Waals surface area contributed by atoms with E-state index in [1.807, 2.05) is 53.3 Å². The van der Waals surface area contributed by atoms with E-state index in [0.29, 0.717) is 17.5 Å². The van der Waals surface area contributed by atoms with Gasteiger partial charge >= 0.3 is 10.2 Å². The first-order valence-corrected chi connectivity index (χ1v) is 11.1. The lowest BCUT2D eigenvalue weighted by Crippen LogP contribution is -2.29. The van der Waals surface area contributed by atoms with Crippen molar-refractivity contribution < 1.29 is 23.1 Å². The maximum Gasteiger partial charge on any atom is 0.326 e. The average molecular weight is 436 g/mol. The molecule has 7 nitrogen and oxygen atoms in total. The number of amides is 1. The number of ketones is 1. The summed E-state index contributed by atoms with van der Waals surface area (Å²) in [4.78, 5) is 24.7. The number of Topliss-reactive ketones (excluding diaryl/α,β-unsaturated/α-hetero) is 1. The minimum Gasteiger partial charge on any atom is -0.506 e. The number of hydrogen-bond acceptors (Lipinski definition) is 5. The van der Waals surface area contributed by atoms with Crippen LogP contribution in [0.25, 0.3) is 0 Å². The van der Waals surface area contributed by atoms with Crippen LogP contribution >= 0.6 is 0 Å². The highest BCUT2D eigenvalue weighted by atomic mass is 32.2. The molecule has 0 radical (unpaired) electrons. The van der Waals surface area contributed by atoms with Crippen molar-refractivity contribution in [2.75, 3.05) is 10.8 Å². The number of anilines is 1. The number of aromatic hydroxyl groups is 1. The van der Waals surface area contributed by atoms with E-state index in [0.717, 1.165) is 9.87 Å². The van der Waals surface area contributed by atoms with Crippen molar-refractivity contribution in [1.82, 2.24) is 4.72 Å². The number of carbonyl (C=O) groups excluding carboxylic acids is 2. The Balaban J connectivity index is 1.65. The van der Waals surface area contributed by atoms with Gasteiger partial charge in [0.15, 0.2) is 5.78 Å². The molecule has 158 valence electrons. The fraction of sp³-hybridized carbons (Fsp3) is 0.130. The highest BCUT2D eigenvalue weighted by Gasteiger charge is 2.35. The second-order valence-corrected chi connectivity index (χ2v) is 8.85. The fourth-order valence-corrected chi connectivity index (χ4v) is 4.82. The first-order chi connectivity index (χ1) is 14.8. The molecular formula is C23H20N2O5S. The van der Waals surface area contributed by atoms with Crippen LogP contribution in [0.2, 0.25) is 0 Å². The summed E-state index contributed by atoms with van der Waals surface area (Å²) in [6.45, 7) is -0.394. The zero-order valence-electron chi connectivity index (χ0n) is 16.4. The van der Waals surface area contributed by atoms with Gasteiger partial charge in [0.1, 0.15) is 12.3 Å². The zero-order valence-corrected chi connectivity index (χ0v) is 17.2. The minimum atomic E-state index is -4.02. The van der Waals surface area contributed by atoms with Crippen LogP contribution in [0.5, 0.6) is 5.75 Å². The van der Waals surface area contributed by atoms with Gasteiger partial charge in [-0.15, -0.1) is 0 Å². The Morgan fingerprint density at radius 2 is 1.65 bits per heavy atom. The molecule has 1 aliphatic heterocycles. The van der Waals surface area contributed by atoms with Crippen molar-refractivity contribution in [3.05, 3.63) is 95.6 Å². The Hall–Kier alpha value is -3.65. The summed E-state index contributed by atoms with van der Waals surface area (Å²) in [6.07, 6.45) is 0.315. The molecule has 1 amide bonds. The molecule has 0 spiro atoms. The van der Waals surface area contributed by atoms with E-state index in [-0.39, 0.29) is 17.2 Å². The number of nitrogens with zero attached hydrogens (tertiary/aromatic N) is 1. The Bertz CT molecular complexity index is 1230. The highest BCUT2D eigenvalue weighted by Crippen LogP contribution is 2.33. The summed E-state index contributed by atoms with van der Waals surface area (Å²) in [5.41, 5.74) is 2.10. The highest BCUT2D eigenvalue weighted by molar-refractivity contribution is 7.92. The summed E-state index contributed by atoms with van der Waals surface area (Å²) in [6, 6.07) is 22.9. The van der Waals surface area contributed by atoms with E-state index in [1.54, 1.807) is 18.2 Å². The van der Waals surface area contributed by atoms with E-state index >= 15 is 0 Å². The summed E-state index contributed by atoms with van der Waals surface area (Å²) in [7, 11) is -4.02. The maximum absolute atomic E-state index is 13.2. The van der Waals surface area contributed by atoms with Gasteiger partial charge in [-0.1, -0.05) is 66.7 Å². The van der Waals surface area contributed by atoms with Gasteiger partial charge in [-0.3, -0.25) is 9.59 Å². The third-order valence-corrected chi connectivity index (χ3v) is 6.54. The molecule has 0 saturated carbocycles. The maximum atomic E-state index is 13.2. The molecule has 3 aromatic rings. The molecule has 1 unspecified atom stereocenters. The van der Waals surface area contributed by atoms with Gasteiger partial charge in [-0.25, -0.2) is 9.03 Å². The first-order valence-electron chi connectivity index (χ1n) is 9.64. The van der Waals surface area contributed by atoms with E-state index in [2.05, 4.69) is 0 Å². The monoisotopic (exact) mass is 436 g/mol. The second-order valence-electron chi connectivity index (χ2n) is 7.26. The lowest BCUT2D eigenvalue weighted by Gasteiger charge is -2.19. The number of rotatable bonds is 6. The second kappa shape index (κ2) is 8.23. The van der Waals surface area contributed by atoms with Crippen molar-refractivity contribution in [2.24, 2.45) is 0 Å². The van der Waals surface area contributed by atoms with Crippen LogP contribution < -0.4 is 9.03 Å². The molecule has 8 heteroatoms. The number of nitrogens with one attached hydrogen (secondary N) is 1. The number of benzene rings is 3. The van der Waals surface area contributed by atoms with E-state index in [4.69, 9.17) is 0 Å². The van der Waals surface area contributed by atoms with Gasteiger partial charge in [-0.05, 0) is 29.7 Å². The lowest BCUT2D eigenvalue weighted by atomic mass is 9.85. The summed E-state index contributed by atoms with van der Waals surface area (Å²) < 4.78 is 26.8. The number of phenolic OH excluding ortho intramolecular Hbond substituents is 1. The molecule has 0 aliphatic carbocycles. The molecule has 1 atom stereocenters. The van der Waals surface area contributed by atoms with Crippen LogP contribution in [0.3, 0.4) is 0 Å². The van der Waals surface area contributed by atoms with Crippen molar-refractivity contribution in [1.29, 1.82) is 0 Å². The quantitative estimate of drug-likeness (QED) is 0.579. The van der Waals surface area contributed by atoms with Crippen LogP contribution in [0.15, 0.2) is 78.9 Å². The summed E-state index contributed by atoms with van der Waals surface area (Å²) in [5.74, 6) is -1.47. The molecule has 0 bridgehead atoms. The molecule has 3 aromatic carbocycles. The van der Waals surface area contributed by atoms with Crippen molar-refractivity contribution >= 4 is 27.6 Å². The topological polar surface area (TPSA) is 104 Å². The van der Waals surface area contributed by atoms with Crippen molar-refractivity contribution in [2.45, 2.75) is 12.3 Å². The molecule has 31 heavy (non-hydrogen) atoms. The Labute approximate surface area is 180 Å². The molecule has 1 heterocycles. The molecule has 4 rings (SSSR count). The largest absolute Gasteiger partial charge is 0.506 e. The molecule has 1 aliphatic rings. The van der Waals surface area contributed by atoms with E-state index in [1.165, 1.54) is 12.1 Å². The van der Waals surface area contributed by atoms with Crippen molar-refractivity contribution in [3.8, 4) is 5.75 Å². The predicted molar refractivity (Wildman–Crippen MR) is 116 cm³/mol. The van der Waals surface area contributed by atoms with Crippen LogP contribution in [-0.2, 0) is 21.4 Å². The zero-order chi connectivity index (χ0) is 22.0. The third-order valence-electron chi connectivity index (χ3n) is 5.15. The number of phenols is 1. The Kier molecular flexibility index (Phi) is 5.48. The van der Waals surface area contributed by atoms with Gasteiger partial charge in [0, 0.05) is 5.56 Å². The van der Waals surface area contributed by atoms with Crippen molar-refractivity contribution in [3.63, 3.8) is 0 Å². The number of carbonyl (C=O) groups is 2. The lowest BCUT2D eigenvalue weighted by molar-refractivity contribution is -0.117. The molecule has 1 saturated heterocycles. The number of hydrogen-bond donors (Lipinski definition) is 2. The molecule has 0 aromatic heterocycles. The smallest absolute Gasteiger partial charge is 0.326 e. The molecular weight excluding hydrogens is 416 g/mol. The predicted octanol–water partition coefficient (Wildman–Crippen LogP) is 2.78. The molecule has 2 N–H and O–H groups in total. The standard InChI is InChI=1S/C23H20N2O5S/c26-21-14-16(11-12-20(21)25-15-22(27)24-31(25,29)30)13-19(17-7-3-1-4-8-17)23(28)18-9-5-2-6-10-18/h1-12,14,19,26H,13,15H2,(H,24,27). The van der Waals surface area contributed by atoms with Gasteiger partial charge in [0.2, 0.25) is 0 Å². The van der Waals surface area contributed by atoms with Crippen LogP contribution in [0, 0.1) is 0 Å². The molecule has 1 fully saturated rings. The van der Waals surface area contributed by atoms with E-state index in [9.17, 15) is 23.1 Å². The van der Waals surface area contributed by atoms with Crippen LogP contribution in [0.4, 0.5) is 5.69 Å². The summed E-state index contributed by atoms with van der Waals surface area (Å²) >= 11 is 0. The minimum absolute atomic E-state index is 0.00717. The fourth-order valence-electron chi connectivity index (χ4n) is 3.65. The van der Waals surface area contributed by atoms with Crippen LogP contribution in [-0.4, -0.2) is 31.8 Å². The first kappa shape index (κ1) is 20.6. The Morgan fingerprint density at radius 1 is 1.00 bits per heavy atom. The van der Waals surface area contributed by atoms with Gasteiger partial charge in [-0.2, -0.15) is 8.42 Å². The van der Waals surface area contributed by atoms with Gasteiger partial charge < -0.3 is 5.11 Å². The van der Waals surface area contributed by atoms with E-state index < -0.39 is 28.6 Å². The van der Waals surface area contributed by atoms with Gasteiger partial charge in [0.05, 0.1) is 11.6 Å². The normalized spacial score (nSPS) is 16.0. The van der Waals surface area contributed by atoms with Crippen LogP contribution in [0.1, 0.15) is 27.4 Å². The Morgan fingerprint density at radius 3 is 2.23 bits per heavy atom. The SMILES string of the molecule is O=C1CN(c2ccc(CC(C(=O)c3ccccc3)c3ccccc3)cc2O)S(=O)(=O)N1. The average Bonchev–Trinajstić information content (AvgIpc) is 3.04. The summed E-state index contributed by atoms with van der Waals surface area (Å²) in [5, 5.41) is 10.5. The third kappa shape index (κ3) is 4.29.